The Hall–Kier alpha value is -1.56. The van der Waals surface area contributed by atoms with Crippen molar-refractivity contribution in [1.82, 2.24) is 10.6 Å². The zero-order valence-corrected chi connectivity index (χ0v) is 10.5. The maximum atomic E-state index is 12.0. The highest BCUT2D eigenvalue weighted by Crippen LogP contribution is 2.11. The van der Waals surface area contributed by atoms with E-state index in [1.54, 1.807) is 0 Å². The molecular weight excluding hydrogens is 234 g/mol. The van der Waals surface area contributed by atoms with Crippen LogP contribution >= 0.6 is 0 Å². The number of nitrogens with zero attached hydrogens (tertiary/aromatic N) is 1. The highest BCUT2D eigenvalue weighted by Gasteiger charge is 2.23. The fraction of sp³-hybridized carbons (Fsp3) is 0.667. The van der Waals surface area contributed by atoms with E-state index < -0.39 is 0 Å². The van der Waals surface area contributed by atoms with E-state index in [1.807, 2.05) is 0 Å². The Morgan fingerprint density at radius 2 is 2.50 bits per heavy atom. The van der Waals surface area contributed by atoms with Gasteiger partial charge in [-0.1, -0.05) is 0 Å². The summed E-state index contributed by atoms with van der Waals surface area (Å²) in [6.07, 6.45) is 2.10. The highest BCUT2D eigenvalue weighted by atomic mass is 16.5. The molecule has 1 amide bonds. The SMILES string of the molecule is C/C(O)=C(/C(=O)NCC1CCCO1)C1=NCCN1. The van der Waals surface area contributed by atoms with Gasteiger partial charge in [-0.2, -0.15) is 0 Å². The molecule has 0 aromatic heterocycles. The topological polar surface area (TPSA) is 83.0 Å². The maximum Gasteiger partial charge on any atom is 0.258 e. The second-order valence-corrected chi connectivity index (χ2v) is 4.46. The van der Waals surface area contributed by atoms with Crippen molar-refractivity contribution in [2.24, 2.45) is 4.99 Å². The zero-order chi connectivity index (χ0) is 13.0. The van der Waals surface area contributed by atoms with E-state index in [0.717, 1.165) is 19.4 Å². The Balaban J connectivity index is 1.94. The molecule has 1 fully saturated rings. The van der Waals surface area contributed by atoms with Gasteiger partial charge in [-0.3, -0.25) is 9.79 Å². The number of hydrogen-bond acceptors (Lipinski definition) is 5. The van der Waals surface area contributed by atoms with Crippen LogP contribution in [0.1, 0.15) is 19.8 Å². The smallest absolute Gasteiger partial charge is 0.258 e. The number of aliphatic hydroxyl groups excluding tert-OH is 1. The predicted octanol–water partition coefficient (Wildman–Crippen LogP) is 0.115. The first-order chi connectivity index (χ1) is 8.68. The number of aliphatic hydroxyl groups is 1. The van der Waals surface area contributed by atoms with E-state index >= 15 is 0 Å². The van der Waals surface area contributed by atoms with E-state index in [-0.39, 0.29) is 23.3 Å². The van der Waals surface area contributed by atoms with Gasteiger partial charge >= 0.3 is 0 Å². The summed E-state index contributed by atoms with van der Waals surface area (Å²) in [5.41, 5.74) is 0.227. The molecule has 6 nitrogen and oxygen atoms in total. The average molecular weight is 253 g/mol. The van der Waals surface area contributed by atoms with E-state index in [2.05, 4.69) is 15.6 Å². The Labute approximate surface area is 106 Å². The van der Waals surface area contributed by atoms with Gasteiger partial charge in [0.2, 0.25) is 0 Å². The van der Waals surface area contributed by atoms with Crippen LogP contribution < -0.4 is 10.6 Å². The van der Waals surface area contributed by atoms with Crippen LogP contribution in [0.4, 0.5) is 0 Å². The molecule has 0 bridgehead atoms. The Morgan fingerprint density at radius 3 is 3.06 bits per heavy atom. The lowest BCUT2D eigenvalue weighted by molar-refractivity contribution is -0.117. The second kappa shape index (κ2) is 5.86. The van der Waals surface area contributed by atoms with Crippen molar-refractivity contribution in [3.05, 3.63) is 11.3 Å². The number of rotatable bonds is 4. The van der Waals surface area contributed by atoms with Crippen LogP contribution in [-0.2, 0) is 9.53 Å². The Kier molecular flexibility index (Phi) is 4.19. The third-order valence-corrected chi connectivity index (χ3v) is 3.01. The van der Waals surface area contributed by atoms with Crippen LogP contribution in [-0.4, -0.2) is 49.2 Å². The third kappa shape index (κ3) is 3.01. The van der Waals surface area contributed by atoms with Crippen molar-refractivity contribution in [3.63, 3.8) is 0 Å². The number of amidine groups is 1. The van der Waals surface area contributed by atoms with E-state index in [4.69, 9.17) is 4.74 Å². The Morgan fingerprint density at radius 1 is 1.67 bits per heavy atom. The van der Waals surface area contributed by atoms with Crippen molar-refractivity contribution in [2.45, 2.75) is 25.9 Å². The van der Waals surface area contributed by atoms with Crippen LogP contribution in [0.2, 0.25) is 0 Å². The zero-order valence-electron chi connectivity index (χ0n) is 10.5. The first kappa shape index (κ1) is 12.9. The van der Waals surface area contributed by atoms with E-state index in [1.165, 1.54) is 6.92 Å². The predicted molar refractivity (Wildman–Crippen MR) is 67.6 cm³/mol. The molecule has 0 aromatic rings. The molecule has 0 spiro atoms. The molecule has 1 atom stereocenters. The van der Waals surface area contributed by atoms with E-state index in [9.17, 15) is 9.90 Å². The molecule has 3 N–H and O–H groups in total. The van der Waals surface area contributed by atoms with Gasteiger partial charge in [0.05, 0.1) is 12.6 Å². The average Bonchev–Trinajstić information content (AvgIpc) is 2.99. The van der Waals surface area contributed by atoms with Gasteiger partial charge in [0.1, 0.15) is 17.2 Å². The molecule has 2 aliphatic heterocycles. The van der Waals surface area contributed by atoms with Gasteiger partial charge < -0.3 is 20.5 Å². The van der Waals surface area contributed by atoms with Gasteiger partial charge in [-0.15, -0.1) is 0 Å². The molecular formula is C12H19N3O3. The number of nitrogens with one attached hydrogen (secondary N) is 2. The van der Waals surface area contributed by atoms with Crippen molar-refractivity contribution in [2.75, 3.05) is 26.2 Å². The van der Waals surface area contributed by atoms with Crippen molar-refractivity contribution in [1.29, 1.82) is 0 Å². The summed E-state index contributed by atoms with van der Waals surface area (Å²) in [7, 11) is 0. The van der Waals surface area contributed by atoms with Gasteiger partial charge in [0.15, 0.2) is 0 Å². The molecule has 18 heavy (non-hydrogen) atoms. The summed E-state index contributed by atoms with van der Waals surface area (Å²) in [5.74, 6) is 0.145. The normalized spacial score (nSPS) is 24.3. The highest BCUT2D eigenvalue weighted by molar-refractivity contribution is 6.21. The van der Waals surface area contributed by atoms with Crippen LogP contribution in [0.25, 0.3) is 0 Å². The van der Waals surface area contributed by atoms with Gasteiger partial charge in [0, 0.05) is 19.7 Å². The second-order valence-electron chi connectivity index (χ2n) is 4.46. The number of allylic oxidation sites excluding steroid dienone is 1. The molecule has 6 heteroatoms. The molecule has 1 saturated heterocycles. The molecule has 0 aromatic carbocycles. The minimum atomic E-state index is -0.307. The van der Waals surface area contributed by atoms with Crippen LogP contribution in [0, 0.1) is 0 Å². The lowest BCUT2D eigenvalue weighted by Gasteiger charge is -2.13. The largest absolute Gasteiger partial charge is 0.512 e. The van der Waals surface area contributed by atoms with Gasteiger partial charge in [-0.25, -0.2) is 0 Å². The number of ether oxygens (including phenoxy) is 1. The molecule has 2 rings (SSSR count). The summed E-state index contributed by atoms with van der Waals surface area (Å²) in [5, 5.41) is 15.4. The monoisotopic (exact) mass is 253 g/mol. The summed E-state index contributed by atoms with van der Waals surface area (Å²) >= 11 is 0. The standard InChI is InChI=1S/C12H19N3O3/c1-8(16)10(11-13-4-5-14-11)12(17)15-7-9-3-2-6-18-9/h9,16H,2-7H2,1H3,(H,13,14)(H,15,17)/b10-8-. The molecule has 0 aliphatic carbocycles. The van der Waals surface area contributed by atoms with Crippen molar-refractivity contribution < 1.29 is 14.6 Å². The van der Waals surface area contributed by atoms with Crippen LogP contribution in [0.15, 0.2) is 16.3 Å². The lowest BCUT2D eigenvalue weighted by Crippen LogP contribution is -2.37. The minimum absolute atomic E-state index is 0.0204. The molecule has 100 valence electrons. The molecule has 0 radical (unpaired) electrons. The number of amides is 1. The number of carbonyl (C=O) groups is 1. The van der Waals surface area contributed by atoms with E-state index in [0.29, 0.717) is 25.5 Å². The number of hydrogen-bond donors (Lipinski definition) is 3. The number of aliphatic imine (C=N–C) groups is 1. The van der Waals surface area contributed by atoms with Crippen LogP contribution in [0.3, 0.4) is 0 Å². The number of carbonyl (C=O) groups excluding carboxylic acids is 1. The summed E-state index contributed by atoms with van der Waals surface area (Å²) in [6.45, 7) is 4.05. The first-order valence-corrected chi connectivity index (χ1v) is 6.27. The van der Waals surface area contributed by atoms with Crippen molar-refractivity contribution in [3.8, 4) is 0 Å². The first-order valence-electron chi connectivity index (χ1n) is 6.27. The molecule has 1 unspecified atom stereocenters. The summed E-state index contributed by atoms with van der Waals surface area (Å²) in [6, 6.07) is 0. The maximum absolute atomic E-state index is 12.0. The molecule has 2 heterocycles. The summed E-state index contributed by atoms with van der Waals surface area (Å²) < 4.78 is 5.43. The quantitative estimate of drug-likeness (QED) is 0.491. The van der Waals surface area contributed by atoms with Crippen LogP contribution in [0.5, 0.6) is 0 Å². The minimum Gasteiger partial charge on any atom is -0.512 e. The molecule has 2 aliphatic rings. The van der Waals surface area contributed by atoms with Gasteiger partial charge in [-0.05, 0) is 19.8 Å². The van der Waals surface area contributed by atoms with Gasteiger partial charge in [0.25, 0.3) is 5.91 Å². The van der Waals surface area contributed by atoms with Crippen molar-refractivity contribution >= 4 is 11.7 Å². The fourth-order valence-electron chi connectivity index (χ4n) is 2.11. The Bertz CT molecular complexity index is 380. The summed E-state index contributed by atoms with van der Waals surface area (Å²) in [4.78, 5) is 16.2. The third-order valence-electron chi connectivity index (χ3n) is 3.01. The molecule has 0 saturated carbocycles. The fourth-order valence-corrected chi connectivity index (χ4v) is 2.11. The lowest BCUT2D eigenvalue weighted by atomic mass is 10.2.